The Morgan fingerprint density at radius 3 is 2.70 bits per heavy atom. The molecule has 1 aromatic carbocycles. The molecule has 0 bridgehead atoms. The van der Waals surface area contributed by atoms with Crippen LogP contribution in [0.2, 0.25) is 0 Å². The zero-order valence-electron chi connectivity index (χ0n) is 18.1. The lowest BCUT2D eigenvalue weighted by Gasteiger charge is -2.30. The second-order valence-electron chi connectivity index (χ2n) is 8.17. The molecule has 0 radical (unpaired) electrons. The highest BCUT2D eigenvalue weighted by molar-refractivity contribution is 5.91. The Hall–Kier alpha value is -2.91. The summed E-state index contributed by atoms with van der Waals surface area (Å²) in [5.74, 6) is 1.87. The van der Waals surface area contributed by atoms with Gasteiger partial charge in [-0.1, -0.05) is 6.92 Å². The summed E-state index contributed by atoms with van der Waals surface area (Å²) in [4.78, 5) is 11.3. The second-order valence-corrected chi connectivity index (χ2v) is 8.17. The number of nitrogens with zero attached hydrogens (tertiary/aromatic N) is 5. The first-order valence-corrected chi connectivity index (χ1v) is 10.8. The molecule has 1 fully saturated rings. The van der Waals surface area contributed by atoms with Crippen LogP contribution in [0.4, 0.5) is 0 Å². The number of rotatable bonds is 6. The summed E-state index contributed by atoms with van der Waals surface area (Å²) >= 11 is 0. The Kier molecular flexibility index (Phi) is 6.01. The summed E-state index contributed by atoms with van der Waals surface area (Å²) < 4.78 is 8.03. The fourth-order valence-electron chi connectivity index (χ4n) is 4.29. The predicted molar refractivity (Wildman–Crippen MR) is 118 cm³/mol. The van der Waals surface area contributed by atoms with Gasteiger partial charge in [0.05, 0.1) is 12.3 Å². The van der Waals surface area contributed by atoms with Crippen molar-refractivity contribution in [3.63, 3.8) is 0 Å². The van der Waals surface area contributed by atoms with Crippen LogP contribution in [0.5, 0.6) is 5.75 Å². The number of hydrogen-bond acceptors (Lipinski definition) is 5. The minimum absolute atomic E-state index is 0.186. The van der Waals surface area contributed by atoms with E-state index in [-0.39, 0.29) is 5.82 Å². The van der Waals surface area contributed by atoms with Gasteiger partial charge in [0.1, 0.15) is 17.5 Å². The number of hydrogen-bond donors (Lipinski definition) is 0. The van der Waals surface area contributed by atoms with Crippen LogP contribution in [0.15, 0.2) is 30.5 Å². The van der Waals surface area contributed by atoms with Crippen molar-refractivity contribution in [2.24, 2.45) is 13.0 Å². The number of fused-ring (bicyclic) bond motifs is 1. The Labute approximate surface area is 178 Å². The number of piperidine rings is 1. The molecule has 3 heterocycles. The third kappa shape index (κ3) is 4.17. The molecule has 0 spiro atoms. The summed E-state index contributed by atoms with van der Waals surface area (Å²) in [7, 11) is 1.93. The highest BCUT2D eigenvalue weighted by atomic mass is 16.5. The van der Waals surface area contributed by atoms with Crippen LogP contribution in [0.25, 0.3) is 22.3 Å². The Balaban J connectivity index is 1.46. The molecule has 6 heteroatoms. The molecule has 6 nitrogen and oxygen atoms in total. The average molecular weight is 404 g/mol. The van der Waals surface area contributed by atoms with Crippen molar-refractivity contribution < 1.29 is 4.74 Å². The van der Waals surface area contributed by atoms with Gasteiger partial charge in [-0.3, -0.25) is 0 Å². The molecule has 0 saturated carbocycles. The van der Waals surface area contributed by atoms with E-state index in [9.17, 15) is 5.26 Å². The topological polar surface area (TPSA) is 67.0 Å². The van der Waals surface area contributed by atoms with E-state index in [1.807, 2.05) is 36.0 Å². The van der Waals surface area contributed by atoms with Gasteiger partial charge < -0.3 is 14.2 Å². The van der Waals surface area contributed by atoms with Crippen LogP contribution in [-0.4, -0.2) is 45.7 Å². The smallest absolute Gasteiger partial charge is 0.234 e. The number of nitriles is 1. The molecule has 3 aromatic rings. The van der Waals surface area contributed by atoms with Gasteiger partial charge in [0, 0.05) is 24.2 Å². The maximum Gasteiger partial charge on any atom is 0.234 e. The van der Waals surface area contributed by atoms with E-state index in [2.05, 4.69) is 40.9 Å². The number of aryl methyl sites for hydroxylation is 2. The van der Waals surface area contributed by atoms with Crippen molar-refractivity contribution in [1.29, 1.82) is 5.26 Å². The van der Waals surface area contributed by atoms with Gasteiger partial charge in [0.2, 0.25) is 5.82 Å². The lowest BCUT2D eigenvalue weighted by Crippen LogP contribution is -2.33. The van der Waals surface area contributed by atoms with Gasteiger partial charge in [-0.15, -0.1) is 0 Å². The van der Waals surface area contributed by atoms with Gasteiger partial charge in [-0.2, -0.15) is 5.26 Å². The summed E-state index contributed by atoms with van der Waals surface area (Å²) in [6.07, 6.45) is 5.61. The number of likely N-dealkylation sites (tertiary alicyclic amines) is 1. The molecule has 156 valence electrons. The summed E-state index contributed by atoms with van der Waals surface area (Å²) in [5, 5.41) is 10.3. The molecular weight excluding hydrogens is 374 g/mol. The third-order valence-corrected chi connectivity index (χ3v) is 6.21. The molecule has 30 heavy (non-hydrogen) atoms. The lowest BCUT2D eigenvalue weighted by atomic mass is 9.94. The van der Waals surface area contributed by atoms with Gasteiger partial charge in [-0.25, -0.2) is 9.97 Å². The van der Waals surface area contributed by atoms with E-state index in [0.717, 1.165) is 59.1 Å². The molecular formula is C24H29N5O. The largest absolute Gasteiger partial charge is 0.493 e. The molecule has 1 aliphatic heterocycles. The molecule has 0 atom stereocenters. The van der Waals surface area contributed by atoms with Gasteiger partial charge in [-0.05, 0) is 81.6 Å². The summed E-state index contributed by atoms with van der Waals surface area (Å²) in [6.45, 7) is 8.64. The molecule has 4 rings (SSSR count). The predicted octanol–water partition coefficient (Wildman–Crippen LogP) is 4.32. The average Bonchev–Trinajstić information content (AvgIpc) is 3.15. The monoisotopic (exact) mass is 403 g/mol. The minimum Gasteiger partial charge on any atom is -0.493 e. The molecule has 0 N–H and O–H groups in total. The maximum absolute atomic E-state index is 9.32. The van der Waals surface area contributed by atoms with Crippen molar-refractivity contribution in [2.45, 2.75) is 33.1 Å². The van der Waals surface area contributed by atoms with E-state index in [1.165, 1.54) is 25.9 Å². The van der Waals surface area contributed by atoms with Crippen LogP contribution in [-0.2, 0) is 7.05 Å². The highest BCUT2D eigenvalue weighted by Crippen LogP contribution is 2.30. The highest BCUT2D eigenvalue weighted by Gasteiger charge is 2.18. The molecule has 1 aliphatic rings. The Bertz CT molecular complexity index is 1070. The SMILES string of the molecule is CCN1CCC(CCOc2ccc(-c3nc(C#N)nc4c3ccn4C)cc2C)CC1. The first-order chi connectivity index (χ1) is 14.6. The van der Waals surface area contributed by atoms with Crippen molar-refractivity contribution in [1.82, 2.24) is 19.4 Å². The summed E-state index contributed by atoms with van der Waals surface area (Å²) in [6, 6.07) is 10.2. The fraction of sp³-hybridized carbons (Fsp3) is 0.458. The first kappa shape index (κ1) is 20.4. The third-order valence-electron chi connectivity index (χ3n) is 6.21. The molecule has 2 aromatic heterocycles. The van der Waals surface area contributed by atoms with E-state index >= 15 is 0 Å². The quantitative estimate of drug-likeness (QED) is 0.613. The van der Waals surface area contributed by atoms with Crippen molar-refractivity contribution >= 4 is 11.0 Å². The molecule has 1 saturated heterocycles. The normalized spacial score (nSPS) is 15.4. The van der Waals surface area contributed by atoms with Crippen molar-refractivity contribution in [2.75, 3.05) is 26.2 Å². The Morgan fingerprint density at radius 2 is 2.00 bits per heavy atom. The maximum atomic E-state index is 9.32. The first-order valence-electron chi connectivity index (χ1n) is 10.8. The van der Waals surface area contributed by atoms with Crippen LogP contribution < -0.4 is 4.74 Å². The molecule has 0 aliphatic carbocycles. The Morgan fingerprint density at radius 1 is 1.20 bits per heavy atom. The van der Waals surface area contributed by atoms with Gasteiger partial charge in [0.15, 0.2) is 0 Å². The number of aromatic nitrogens is 3. The van der Waals surface area contributed by atoms with E-state index in [4.69, 9.17) is 4.74 Å². The second kappa shape index (κ2) is 8.85. The number of ether oxygens (including phenoxy) is 1. The van der Waals surface area contributed by atoms with E-state index in [0.29, 0.717) is 0 Å². The zero-order valence-corrected chi connectivity index (χ0v) is 18.1. The summed E-state index contributed by atoms with van der Waals surface area (Å²) in [5.41, 5.74) is 3.61. The zero-order chi connectivity index (χ0) is 21.1. The fourth-order valence-corrected chi connectivity index (χ4v) is 4.29. The van der Waals surface area contributed by atoms with Crippen molar-refractivity contribution in [3.8, 4) is 23.1 Å². The van der Waals surface area contributed by atoms with Crippen LogP contribution in [0, 0.1) is 24.2 Å². The minimum atomic E-state index is 0.186. The number of benzene rings is 1. The van der Waals surface area contributed by atoms with Gasteiger partial charge >= 0.3 is 0 Å². The van der Waals surface area contributed by atoms with Crippen LogP contribution in [0.1, 0.15) is 37.6 Å². The van der Waals surface area contributed by atoms with Crippen molar-refractivity contribution in [3.05, 3.63) is 41.9 Å². The molecule has 0 amide bonds. The lowest BCUT2D eigenvalue weighted by molar-refractivity contribution is 0.169. The standard InChI is InChI=1S/C24H29N5O/c1-4-29-12-7-18(8-13-29)10-14-30-21-6-5-19(15-17(21)2)23-20-9-11-28(3)24(20)27-22(16-25)26-23/h5-6,9,11,15,18H,4,7-8,10,12-14H2,1-3H3. The van der Waals surface area contributed by atoms with Crippen LogP contribution in [0.3, 0.4) is 0 Å². The van der Waals surface area contributed by atoms with Gasteiger partial charge in [0.25, 0.3) is 0 Å². The van der Waals surface area contributed by atoms with E-state index in [1.54, 1.807) is 0 Å². The molecule has 0 unspecified atom stereocenters. The van der Waals surface area contributed by atoms with E-state index < -0.39 is 0 Å². The van der Waals surface area contributed by atoms with Crippen LogP contribution >= 0.6 is 0 Å².